The Hall–Kier alpha value is -0.0800. The van der Waals surface area contributed by atoms with Crippen molar-refractivity contribution in [2.45, 2.75) is 38.2 Å². The molecule has 2 aliphatic rings. The van der Waals surface area contributed by atoms with E-state index < -0.39 is 5.60 Å². The zero-order valence-electron chi connectivity index (χ0n) is 7.92. The fraction of sp³-hybridized carbons (Fsp3) is 1.00. The molecule has 0 spiro atoms. The summed E-state index contributed by atoms with van der Waals surface area (Å²) in [5.41, 5.74) is -0.399. The van der Waals surface area contributed by atoms with Crippen LogP contribution in [0.3, 0.4) is 0 Å². The monoisotopic (exact) mass is 169 g/mol. The molecule has 0 aromatic heterocycles. The summed E-state index contributed by atoms with van der Waals surface area (Å²) in [6.45, 7) is 5.18. The Kier molecular flexibility index (Phi) is 2.13. The van der Waals surface area contributed by atoms with E-state index in [1.807, 2.05) is 6.92 Å². The van der Waals surface area contributed by atoms with Crippen molar-refractivity contribution in [2.75, 3.05) is 19.6 Å². The van der Waals surface area contributed by atoms with Crippen LogP contribution >= 0.6 is 0 Å². The second kappa shape index (κ2) is 3.00. The lowest BCUT2D eigenvalue weighted by Gasteiger charge is -2.30. The quantitative estimate of drug-likeness (QED) is 0.672. The molecule has 1 saturated heterocycles. The molecule has 2 rings (SSSR count). The first-order chi connectivity index (χ1) is 5.66. The van der Waals surface area contributed by atoms with E-state index in [4.69, 9.17) is 0 Å². The Balaban J connectivity index is 1.75. The molecule has 0 bridgehead atoms. The van der Waals surface area contributed by atoms with Gasteiger partial charge >= 0.3 is 0 Å². The summed E-state index contributed by atoms with van der Waals surface area (Å²) in [4.78, 5) is 2.42. The SMILES string of the molecule is CC1(O)CCN(CC2CCC2)C1. The minimum absolute atomic E-state index is 0.399. The van der Waals surface area contributed by atoms with Crippen LogP contribution in [0.2, 0.25) is 0 Å². The summed E-state index contributed by atoms with van der Waals surface area (Å²) in [6, 6.07) is 0. The van der Waals surface area contributed by atoms with Crippen molar-refractivity contribution in [1.29, 1.82) is 0 Å². The van der Waals surface area contributed by atoms with Crippen molar-refractivity contribution in [1.82, 2.24) is 4.90 Å². The van der Waals surface area contributed by atoms with Crippen LogP contribution in [0.5, 0.6) is 0 Å². The summed E-state index contributed by atoms with van der Waals surface area (Å²) in [5, 5.41) is 9.73. The Morgan fingerprint density at radius 3 is 2.67 bits per heavy atom. The van der Waals surface area contributed by atoms with Gasteiger partial charge in [0.05, 0.1) is 5.60 Å². The number of hydrogen-bond donors (Lipinski definition) is 1. The van der Waals surface area contributed by atoms with Crippen LogP contribution in [0, 0.1) is 5.92 Å². The zero-order chi connectivity index (χ0) is 8.60. The molecule has 0 aromatic carbocycles. The number of β-amino-alcohol motifs (C(OH)–C–C–N with tert-alkyl or cyclic N) is 1. The van der Waals surface area contributed by atoms with Gasteiger partial charge in [0.25, 0.3) is 0 Å². The second-order valence-corrected chi connectivity index (χ2v) is 4.78. The molecule has 70 valence electrons. The molecule has 1 aliphatic carbocycles. The summed E-state index contributed by atoms with van der Waals surface area (Å²) >= 11 is 0. The lowest BCUT2D eigenvalue weighted by atomic mass is 9.85. The first-order valence-electron chi connectivity index (χ1n) is 5.10. The molecule has 0 aromatic rings. The number of rotatable bonds is 2. The topological polar surface area (TPSA) is 23.5 Å². The number of aliphatic hydroxyl groups is 1. The van der Waals surface area contributed by atoms with Crippen LogP contribution in [-0.4, -0.2) is 35.2 Å². The molecule has 0 radical (unpaired) electrons. The van der Waals surface area contributed by atoms with Gasteiger partial charge in [-0.25, -0.2) is 0 Å². The van der Waals surface area contributed by atoms with Gasteiger partial charge in [-0.1, -0.05) is 6.42 Å². The van der Waals surface area contributed by atoms with Crippen molar-refractivity contribution < 1.29 is 5.11 Å². The number of hydrogen-bond acceptors (Lipinski definition) is 2. The summed E-state index contributed by atoms with van der Waals surface area (Å²) in [5.74, 6) is 0.943. The molecule has 1 aliphatic heterocycles. The van der Waals surface area contributed by atoms with Crippen LogP contribution < -0.4 is 0 Å². The van der Waals surface area contributed by atoms with Gasteiger partial charge in [-0.2, -0.15) is 0 Å². The zero-order valence-corrected chi connectivity index (χ0v) is 7.92. The molecule has 2 nitrogen and oxygen atoms in total. The third kappa shape index (κ3) is 1.80. The molecule has 0 amide bonds. The van der Waals surface area contributed by atoms with Gasteiger partial charge in [-0.3, -0.25) is 0 Å². The molecule has 1 saturated carbocycles. The Bertz CT molecular complexity index is 163. The average Bonchev–Trinajstić information content (AvgIpc) is 2.21. The highest BCUT2D eigenvalue weighted by Gasteiger charge is 2.33. The predicted octanol–water partition coefficient (Wildman–Crippen LogP) is 1.24. The molecule has 12 heavy (non-hydrogen) atoms. The standard InChI is InChI=1S/C10H19NO/c1-10(12)5-6-11(8-10)7-9-3-2-4-9/h9,12H,2-8H2,1H3. The maximum atomic E-state index is 9.73. The largest absolute Gasteiger partial charge is 0.389 e. The van der Waals surface area contributed by atoms with Crippen LogP contribution in [0.25, 0.3) is 0 Å². The minimum atomic E-state index is -0.399. The highest BCUT2D eigenvalue weighted by atomic mass is 16.3. The normalized spacial score (nSPS) is 38.5. The van der Waals surface area contributed by atoms with Crippen LogP contribution in [-0.2, 0) is 0 Å². The van der Waals surface area contributed by atoms with E-state index in [0.717, 1.165) is 25.4 Å². The van der Waals surface area contributed by atoms with Crippen molar-refractivity contribution in [3.05, 3.63) is 0 Å². The van der Waals surface area contributed by atoms with E-state index in [1.54, 1.807) is 0 Å². The molecular weight excluding hydrogens is 150 g/mol. The van der Waals surface area contributed by atoms with E-state index in [1.165, 1.54) is 25.8 Å². The Morgan fingerprint density at radius 1 is 1.50 bits per heavy atom. The van der Waals surface area contributed by atoms with Crippen LogP contribution in [0.1, 0.15) is 32.6 Å². The first kappa shape index (κ1) is 8.52. The lowest BCUT2D eigenvalue weighted by Crippen LogP contribution is -2.34. The fourth-order valence-corrected chi connectivity index (χ4v) is 2.24. The molecule has 2 fully saturated rings. The van der Waals surface area contributed by atoms with E-state index in [0.29, 0.717) is 0 Å². The van der Waals surface area contributed by atoms with Gasteiger partial charge in [-0.05, 0) is 32.1 Å². The minimum Gasteiger partial charge on any atom is -0.389 e. The molecule has 1 heterocycles. The van der Waals surface area contributed by atoms with Gasteiger partial charge in [0.1, 0.15) is 0 Å². The smallest absolute Gasteiger partial charge is 0.0758 e. The summed E-state index contributed by atoms with van der Waals surface area (Å²) in [7, 11) is 0. The molecule has 1 atom stereocenters. The summed E-state index contributed by atoms with van der Waals surface area (Å²) in [6.07, 6.45) is 5.21. The van der Waals surface area contributed by atoms with Crippen LogP contribution in [0.15, 0.2) is 0 Å². The maximum Gasteiger partial charge on any atom is 0.0758 e. The van der Waals surface area contributed by atoms with Crippen molar-refractivity contribution in [3.8, 4) is 0 Å². The van der Waals surface area contributed by atoms with E-state index in [9.17, 15) is 5.11 Å². The second-order valence-electron chi connectivity index (χ2n) is 4.78. The highest BCUT2D eigenvalue weighted by molar-refractivity contribution is 4.87. The van der Waals surface area contributed by atoms with Crippen LogP contribution in [0.4, 0.5) is 0 Å². The Labute approximate surface area is 74.6 Å². The van der Waals surface area contributed by atoms with Gasteiger partial charge in [0, 0.05) is 19.6 Å². The van der Waals surface area contributed by atoms with Gasteiger partial charge < -0.3 is 10.0 Å². The average molecular weight is 169 g/mol. The van der Waals surface area contributed by atoms with Gasteiger partial charge in [-0.15, -0.1) is 0 Å². The molecule has 1 N–H and O–H groups in total. The number of likely N-dealkylation sites (tertiary alicyclic amines) is 1. The fourth-order valence-electron chi connectivity index (χ4n) is 2.24. The predicted molar refractivity (Wildman–Crippen MR) is 49.0 cm³/mol. The maximum absolute atomic E-state index is 9.73. The van der Waals surface area contributed by atoms with Gasteiger partial charge in [0.2, 0.25) is 0 Å². The third-order valence-electron chi connectivity index (χ3n) is 3.27. The van der Waals surface area contributed by atoms with E-state index in [2.05, 4.69) is 4.90 Å². The number of nitrogens with zero attached hydrogens (tertiary/aromatic N) is 1. The molecule has 1 unspecified atom stereocenters. The molecular formula is C10H19NO. The van der Waals surface area contributed by atoms with Crippen molar-refractivity contribution in [3.63, 3.8) is 0 Å². The summed E-state index contributed by atoms with van der Waals surface area (Å²) < 4.78 is 0. The first-order valence-corrected chi connectivity index (χ1v) is 5.10. The highest BCUT2D eigenvalue weighted by Crippen LogP contribution is 2.29. The van der Waals surface area contributed by atoms with E-state index in [-0.39, 0.29) is 0 Å². The molecule has 2 heteroatoms. The van der Waals surface area contributed by atoms with Crippen molar-refractivity contribution >= 4 is 0 Å². The van der Waals surface area contributed by atoms with E-state index >= 15 is 0 Å². The third-order valence-corrected chi connectivity index (χ3v) is 3.27. The lowest BCUT2D eigenvalue weighted by molar-refractivity contribution is 0.0641. The Morgan fingerprint density at radius 2 is 2.25 bits per heavy atom. The van der Waals surface area contributed by atoms with Crippen molar-refractivity contribution in [2.24, 2.45) is 5.92 Å². The van der Waals surface area contributed by atoms with Gasteiger partial charge in [0.15, 0.2) is 0 Å².